The molecule has 0 aliphatic carbocycles. The number of amides is 1. The molecule has 1 unspecified atom stereocenters. The largest absolute Gasteiger partial charge is 0.435 e. The Bertz CT molecular complexity index is 718. The van der Waals surface area contributed by atoms with Crippen molar-refractivity contribution in [2.75, 3.05) is 18.9 Å². The van der Waals surface area contributed by atoms with Gasteiger partial charge in [-0.15, -0.1) is 0 Å². The molecule has 0 spiro atoms. The zero-order valence-electron chi connectivity index (χ0n) is 14.6. The maximum atomic E-state index is 12.2. The lowest BCUT2D eigenvalue weighted by Crippen LogP contribution is -3.08. The number of ether oxygens (including phenoxy) is 1. The molecule has 0 radical (unpaired) electrons. The summed E-state index contributed by atoms with van der Waals surface area (Å²) in [5.41, 5.74) is 3.96. The highest BCUT2D eigenvalue weighted by atomic mass is 19.3. The number of anilines is 1. The molecule has 2 aromatic carbocycles. The normalized spacial score (nSPS) is 12.1. The van der Waals surface area contributed by atoms with E-state index in [0.717, 1.165) is 27.3 Å². The van der Waals surface area contributed by atoms with E-state index in [4.69, 9.17) is 0 Å². The van der Waals surface area contributed by atoms with Crippen LogP contribution in [0.2, 0.25) is 0 Å². The van der Waals surface area contributed by atoms with E-state index in [1.807, 2.05) is 39.1 Å². The Balaban J connectivity index is 1.88. The molecule has 0 aliphatic heterocycles. The monoisotopic (exact) mass is 349 g/mol. The number of nitrogens with one attached hydrogen (secondary N) is 2. The summed E-state index contributed by atoms with van der Waals surface area (Å²) in [5, 5.41) is 2.94. The van der Waals surface area contributed by atoms with Gasteiger partial charge in [-0.3, -0.25) is 4.79 Å². The summed E-state index contributed by atoms with van der Waals surface area (Å²) in [7, 11) is 1.91. The van der Waals surface area contributed by atoms with E-state index < -0.39 is 6.61 Å². The van der Waals surface area contributed by atoms with Crippen molar-refractivity contribution >= 4 is 11.6 Å². The van der Waals surface area contributed by atoms with Gasteiger partial charge in [-0.25, -0.2) is 0 Å². The van der Waals surface area contributed by atoms with Gasteiger partial charge in [0.25, 0.3) is 5.91 Å². The van der Waals surface area contributed by atoms with Crippen molar-refractivity contribution in [2.45, 2.75) is 27.0 Å². The number of aryl methyl sites for hydroxylation is 1. The van der Waals surface area contributed by atoms with Crippen molar-refractivity contribution in [1.29, 1.82) is 0 Å². The van der Waals surface area contributed by atoms with Crippen LogP contribution in [0.5, 0.6) is 5.75 Å². The van der Waals surface area contributed by atoms with Crippen LogP contribution in [0.25, 0.3) is 0 Å². The van der Waals surface area contributed by atoms with Gasteiger partial charge in [-0.1, -0.05) is 12.1 Å². The Kier molecular flexibility index (Phi) is 6.47. The standard InChI is InChI=1S/C19H22F2N2O2/c1-13-5-4-6-17(14(13)2)22-18(24)12-23(3)11-15-7-9-16(10-8-15)25-19(20)21/h4-10,19H,11-12H2,1-3H3,(H,22,24)/p+1. The minimum Gasteiger partial charge on any atom is -0.435 e. The Morgan fingerprint density at radius 2 is 1.84 bits per heavy atom. The van der Waals surface area contributed by atoms with Crippen LogP contribution in [0.3, 0.4) is 0 Å². The van der Waals surface area contributed by atoms with Gasteiger partial charge in [0, 0.05) is 11.3 Å². The minimum absolute atomic E-state index is 0.0659. The maximum absolute atomic E-state index is 12.2. The lowest BCUT2D eigenvalue weighted by molar-refractivity contribution is -0.885. The van der Waals surface area contributed by atoms with Gasteiger partial charge in [0.1, 0.15) is 12.3 Å². The first-order valence-corrected chi connectivity index (χ1v) is 8.06. The average Bonchev–Trinajstić information content (AvgIpc) is 2.53. The fourth-order valence-electron chi connectivity index (χ4n) is 2.55. The molecule has 4 nitrogen and oxygen atoms in total. The molecule has 25 heavy (non-hydrogen) atoms. The predicted molar refractivity (Wildman–Crippen MR) is 93.1 cm³/mol. The molecule has 1 atom stereocenters. The van der Waals surface area contributed by atoms with Crippen molar-refractivity contribution < 1.29 is 23.2 Å². The fraction of sp³-hybridized carbons (Fsp3) is 0.316. The summed E-state index contributed by atoms with van der Waals surface area (Å²) in [6.07, 6.45) is 0. The topological polar surface area (TPSA) is 42.8 Å². The summed E-state index contributed by atoms with van der Waals surface area (Å²) in [6.45, 7) is 2.07. The van der Waals surface area contributed by atoms with Crippen molar-refractivity contribution in [2.24, 2.45) is 0 Å². The molecule has 134 valence electrons. The Morgan fingerprint density at radius 3 is 2.48 bits per heavy atom. The third kappa shape index (κ3) is 5.83. The number of hydrogen-bond donors (Lipinski definition) is 2. The van der Waals surface area contributed by atoms with Gasteiger partial charge in [-0.2, -0.15) is 8.78 Å². The van der Waals surface area contributed by atoms with Crippen LogP contribution in [0, 0.1) is 13.8 Å². The lowest BCUT2D eigenvalue weighted by Gasteiger charge is -2.15. The number of likely N-dealkylation sites (N-methyl/N-ethyl adjacent to an activating group) is 1. The Labute approximate surface area is 146 Å². The SMILES string of the molecule is Cc1cccc(NC(=O)C[NH+](C)Cc2ccc(OC(F)F)cc2)c1C. The number of halogens is 2. The molecule has 0 saturated heterocycles. The predicted octanol–water partition coefficient (Wildman–Crippen LogP) is 2.56. The van der Waals surface area contributed by atoms with E-state index in [2.05, 4.69) is 10.1 Å². The second-order valence-electron chi connectivity index (χ2n) is 6.13. The molecule has 0 fully saturated rings. The molecule has 2 N–H and O–H groups in total. The zero-order valence-corrected chi connectivity index (χ0v) is 14.6. The molecule has 0 aromatic heterocycles. The van der Waals surface area contributed by atoms with Crippen LogP contribution in [0.1, 0.15) is 16.7 Å². The highest BCUT2D eigenvalue weighted by Gasteiger charge is 2.13. The molecular formula is C19H23F2N2O2+. The molecule has 6 heteroatoms. The van der Waals surface area contributed by atoms with Crippen LogP contribution >= 0.6 is 0 Å². The third-order valence-corrected chi connectivity index (χ3v) is 4.00. The van der Waals surface area contributed by atoms with Gasteiger partial charge in [-0.05, 0) is 55.3 Å². The Morgan fingerprint density at radius 1 is 1.16 bits per heavy atom. The van der Waals surface area contributed by atoms with Crippen LogP contribution in [-0.2, 0) is 11.3 Å². The number of carbonyl (C=O) groups is 1. The molecule has 0 saturated carbocycles. The highest BCUT2D eigenvalue weighted by molar-refractivity contribution is 5.92. The molecule has 0 aliphatic rings. The lowest BCUT2D eigenvalue weighted by atomic mass is 10.1. The van der Waals surface area contributed by atoms with Gasteiger partial charge in [0.2, 0.25) is 0 Å². The van der Waals surface area contributed by atoms with E-state index in [-0.39, 0.29) is 11.7 Å². The molecule has 0 heterocycles. The molecule has 0 bridgehead atoms. The summed E-state index contributed by atoms with van der Waals surface area (Å²) >= 11 is 0. The van der Waals surface area contributed by atoms with Crippen molar-refractivity contribution in [3.63, 3.8) is 0 Å². The highest BCUT2D eigenvalue weighted by Crippen LogP contribution is 2.17. The zero-order chi connectivity index (χ0) is 18.4. The van der Waals surface area contributed by atoms with Gasteiger partial charge in [0.05, 0.1) is 7.05 Å². The first-order chi connectivity index (χ1) is 11.8. The summed E-state index contributed by atoms with van der Waals surface area (Å²) in [6, 6.07) is 12.3. The number of alkyl halides is 2. The fourth-order valence-corrected chi connectivity index (χ4v) is 2.55. The number of rotatable bonds is 7. The van der Waals surface area contributed by atoms with Crippen molar-refractivity contribution in [3.8, 4) is 5.75 Å². The quantitative estimate of drug-likeness (QED) is 0.807. The van der Waals surface area contributed by atoms with E-state index in [1.54, 1.807) is 12.1 Å². The van der Waals surface area contributed by atoms with Gasteiger partial charge >= 0.3 is 6.61 Å². The average molecular weight is 349 g/mol. The minimum atomic E-state index is -2.83. The molecule has 2 rings (SSSR count). The van der Waals surface area contributed by atoms with Crippen LogP contribution in [-0.4, -0.2) is 26.1 Å². The third-order valence-electron chi connectivity index (χ3n) is 4.00. The van der Waals surface area contributed by atoms with Crippen molar-refractivity contribution in [3.05, 3.63) is 59.2 Å². The van der Waals surface area contributed by atoms with E-state index in [1.165, 1.54) is 12.1 Å². The van der Waals surface area contributed by atoms with Crippen LogP contribution < -0.4 is 15.0 Å². The Hall–Kier alpha value is -2.47. The second kappa shape index (κ2) is 8.58. The molecular weight excluding hydrogens is 326 g/mol. The van der Waals surface area contributed by atoms with Gasteiger partial charge in [0.15, 0.2) is 6.54 Å². The van der Waals surface area contributed by atoms with E-state index in [9.17, 15) is 13.6 Å². The molecule has 2 aromatic rings. The number of carbonyl (C=O) groups excluding carboxylic acids is 1. The number of benzene rings is 2. The first-order valence-electron chi connectivity index (χ1n) is 8.06. The number of quaternary nitrogens is 1. The van der Waals surface area contributed by atoms with E-state index in [0.29, 0.717) is 13.1 Å². The van der Waals surface area contributed by atoms with Crippen LogP contribution in [0.4, 0.5) is 14.5 Å². The summed E-state index contributed by atoms with van der Waals surface area (Å²) in [4.78, 5) is 13.2. The number of hydrogen-bond acceptors (Lipinski definition) is 2. The van der Waals surface area contributed by atoms with Gasteiger partial charge < -0.3 is 15.0 Å². The maximum Gasteiger partial charge on any atom is 0.387 e. The summed E-state index contributed by atoms with van der Waals surface area (Å²) < 4.78 is 28.6. The molecule has 1 amide bonds. The smallest absolute Gasteiger partial charge is 0.387 e. The van der Waals surface area contributed by atoms with E-state index >= 15 is 0 Å². The van der Waals surface area contributed by atoms with Crippen molar-refractivity contribution in [1.82, 2.24) is 0 Å². The van der Waals surface area contributed by atoms with Crippen LogP contribution in [0.15, 0.2) is 42.5 Å². The first kappa shape index (κ1) is 18.9. The second-order valence-corrected chi connectivity index (χ2v) is 6.13. The summed E-state index contributed by atoms with van der Waals surface area (Å²) in [5.74, 6) is 0.0629.